The van der Waals surface area contributed by atoms with Gasteiger partial charge in [-0.1, -0.05) is 35.3 Å². The molecule has 0 saturated carbocycles. The molecule has 3 heteroatoms. The molecule has 2 aromatic carbocycles. The molecular weight excluding hydrogens is 267 g/mol. The molecule has 0 saturated heterocycles. The van der Waals surface area contributed by atoms with E-state index in [1.54, 1.807) is 6.07 Å². The lowest BCUT2D eigenvalue weighted by molar-refractivity contribution is 0.0991. The third kappa shape index (κ3) is 1.94. The van der Waals surface area contributed by atoms with Crippen LogP contribution >= 0.6 is 23.2 Å². The molecule has 1 nitrogen and oxygen atoms in total. The Hall–Kier alpha value is -1.31. The van der Waals surface area contributed by atoms with Gasteiger partial charge in [-0.15, -0.1) is 0 Å². The maximum Gasteiger partial charge on any atom is 0.164 e. The van der Waals surface area contributed by atoms with Gasteiger partial charge in [0.25, 0.3) is 0 Å². The van der Waals surface area contributed by atoms with Gasteiger partial charge < -0.3 is 0 Å². The minimum atomic E-state index is 0.100. The van der Waals surface area contributed by atoms with Gasteiger partial charge in [0, 0.05) is 27.9 Å². The Labute approximate surface area is 115 Å². The van der Waals surface area contributed by atoms with E-state index in [4.69, 9.17) is 23.2 Å². The molecule has 0 spiro atoms. The molecule has 1 aliphatic carbocycles. The molecule has 3 rings (SSSR count). The summed E-state index contributed by atoms with van der Waals surface area (Å²) in [6.07, 6.45) is 0.511. The molecule has 0 amide bonds. The van der Waals surface area contributed by atoms with Crippen LogP contribution in [0, 0.1) is 0 Å². The first-order chi connectivity index (χ1) is 8.65. The molecule has 0 fully saturated rings. The third-order valence-electron chi connectivity index (χ3n) is 3.35. The number of hydrogen-bond donors (Lipinski definition) is 0. The highest BCUT2D eigenvalue weighted by molar-refractivity contribution is 6.31. The van der Waals surface area contributed by atoms with Gasteiger partial charge in [-0.2, -0.15) is 0 Å². The average molecular weight is 277 g/mol. The molecule has 0 N–H and O–H groups in total. The Morgan fingerprint density at radius 1 is 0.944 bits per heavy atom. The van der Waals surface area contributed by atoms with E-state index in [9.17, 15) is 4.79 Å². The number of fused-ring (bicyclic) bond motifs is 1. The minimum absolute atomic E-state index is 0.100. The third-order valence-corrected chi connectivity index (χ3v) is 3.84. The SMILES string of the molecule is O=C1CC(c2ccc(Cl)cc2)c2cc(Cl)ccc21. The van der Waals surface area contributed by atoms with E-state index in [2.05, 4.69) is 0 Å². The summed E-state index contributed by atoms with van der Waals surface area (Å²) < 4.78 is 0. The van der Waals surface area contributed by atoms with Gasteiger partial charge >= 0.3 is 0 Å². The smallest absolute Gasteiger partial charge is 0.164 e. The quantitative estimate of drug-likeness (QED) is 0.737. The van der Waals surface area contributed by atoms with E-state index in [1.165, 1.54) is 0 Å². The largest absolute Gasteiger partial charge is 0.294 e. The van der Waals surface area contributed by atoms with Gasteiger partial charge in [0.2, 0.25) is 0 Å². The second kappa shape index (κ2) is 4.42. The summed E-state index contributed by atoms with van der Waals surface area (Å²) >= 11 is 11.9. The molecule has 0 heterocycles. The summed E-state index contributed by atoms with van der Waals surface area (Å²) in [5, 5.41) is 1.37. The number of ketones is 1. The fourth-order valence-electron chi connectivity index (χ4n) is 2.47. The monoisotopic (exact) mass is 276 g/mol. The van der Waals surface area contributed by atoms with Crippen molar-refractivity contribution in [2.75, 3.05) is 0 Å². The molecule has 90 valence electrons. The number of halogens is 2. The van der Waals surface area contributed by atoms with Crippen molar-refractivity contribution in [1.29, 1.82) is 0 Å². The van der Waals surface area contributed by atoms with Gasteiger partial charge in [-0.05, 0) is 41.5 Å². The molecule has 18 heavy (non-hydrogen) atoms. The van der Waals surface area contributed by atoms with Crippen molar-refractivity contribution < 1.29 is 4.79 Å². The van der Waals surface area contributed by atoms with E-state index in [1.807, 2.05) is 36.4 Å². The number of hydrogen-bond acceptors (Lipinski definition) is 1. The fraction of sp³-hybridized carbons (Fsp3) is 0.133. The Balaban J connectivity index is 2.09. The zero-order valence-corrected chi connectivity index (χ0v) is 11.0. The van der Waals surface area contributed by atoms with E-state index in [0.29, 0.717) is 16.5 Å². The maximum atomic E-state index is 12.0. The van der Waals surface area contributed by atoms with Gasteiger partial charge in [0.15, 0.2) is 5.78 Å². The van der Waals surface area contributed by atoms with E-state index in [0.717, 1.165) is 16.7 Å². The lowest BCUT2D eigenvalue weighted by atomic mass is 9.93. The first-order valence-corrected chi connectivity index (χ1v) is 6.49. The highest BCUT2D eigenvalue weighted by Gasteiger charge is 2.30. The number of rotatable bonds is 1. The zero-order chi connectivity index (χ0) is 12.7. The topological polar surface area (TPSA) is 17.1 Å². The molecule has 1 atom stereocenters. The van der Waals surface area contributed by atoms with Crippen LogP contribution in [0.25, 0.3) is 0 Å². The van der Waals surface area contributed by atoms with Crippen LogP contribution in [-0.4, -0.2) is 5.78 Å². The molecule has 0 aliphatic heterocycles. The van der Waals surface area contributed by atoms with Crippen LogP contribution in [0.1, 0.15) is 33.8 Å². The number of Topliss-reactive ketones (excluding diaryl/α,β-unsaturated/α-hetero) is 1. The van der Waals surface area contributed by atoms with E-state index < -0.39 is 0 Å². The van der Waals surface area contributed by atoms with Gasteiger partial charge in [-0.3, -0.25) is 4.79 Å². The predicted octanol–water partition coefficient (Wildman–Crippen LogP) is 4.71. The van der Waals surface area contributed by atoms with Crippen LogP contribution in [0.2, 0.25) is 10.0 Å². The van der Waals surface area contributed by atoms with Crippen molar-refractivity contribution >= 4 is 29.0 Å². The Kier molecular flexibility index (Phi) is 2.89. The fourth-order valence-corrected chi connectivity index (χ4v) is 2.78. The van der Waals surface area contributed by atoms with Crippen LogP contribution in [0.4, 0.5) is 0 Å². The summed E-state index contributed by atoms with van der Waals surface area (Å²) in [5.74, 6) is 0.282. The molecule has 0 bridgehead atoms. The van der Waals surface area contributed by atoms with E-state index >= 15 is 0 Å². The lowest BCUT2D eigenvalue weighted by Crippen LogP contribution is -1.96. The highest BCUT2D eigenvalue weighted by Crippen LogP contribution is 2.39. The molecule has 1 aliphatic rings. The molecule has 1 unspecified atom stereocenters. The predicted molar refractivity (Wildman–Crippen MR) is 73.7 cm³/mol. The normalized spacial score (nSPS) is 17.9. The summed E-state index contributed by atoms with van der Waals surface area (Å²) in [6, 6.07) is 13.1. The van der Waals surface area contributed by atoms with Crippen LogP contribution in [0.5, 0.6) is 0 Å². The first-order valence-electron chi connectivity index (χ1n) is 5.73. The first kappa shape index (κ1) is 11.8. The van der Waals surface area contributed by atoms with E-state index in [-0.39, 0.29) is 11.7 Å². The second-order valence-electron chi connectivity index (χ2n) is 4.46. The number of benzene rings is 2. The summed E-state index contributed by atoms with van der Waals surface area (Å²) in [5.41, 5.74) is 2.92. The van der Waals surface area contributed by atoms with Crippen LogP contribution < -0.4 is 0 Å². The molecular formula is C15H10Cl2O. The minimum Gasteiger partial charge on any atom is -0.294 e. The van der Waals surface area contributed by atoms with Crippen LogP contribution in [-0.2, 0) is 0 Å². The van der Waals surface area contributed by atoms with Crippen molar-refractivity contribution in [3.8, 4) is 0 Å². The van der Waals surface area contributed by atoms with Crippen LogP contribution in [0.3, 0.4) is 0 Å². The molecule has 2 aromatic rings. The number of carbonyl (C=O) groups excluding carboxylic acids is 1. The zero-order valence-electron chi connectivity index (χ0n) is 9.49. The molecule has 0 radical (unpaired) electrons. The average Bonchev–Trinajstić information content (AvgIpc) is 2.67. The summed E-state index contributed by atoms with van der Waals surface area (Å²) in [7, 11) is 0. The van der Waals surface area contributed by atoms with Gasteiger partial charge in [0.05, 0.1) is 0 Å². The van der Waals surface area contributed by atoms with Crippen molar-refractivity contribution in [2.45, 2.75) is 12.3 Å². The van der Waals surface area contributed by atoms with Crippen molar-refractivity contribution in [1.82, 2.24) is 0 Å². The summed E-state index contributed by atoms with van der Waals surface area (Å²) in [4.78, 5) is 12.0. The molecule has 0 aromatic heterocycles. The van der Waals surface area contributed by atoms with Crippen molar-refractivity contribution in [2.24, 2.45) is 0 Å². The van der Waals surface area contributed by atoms with Crippen LogP contribution in [0.15, 0.2) is 42.5 Å². The summed E-state index contributed by atoms with van der Waals surface area (Å²) in [6.45, 7) is 0. The Morgan fingerprint density at radius 2 is 1.61 bits per heavy atom. The lowest BCUT2D eigenvalue weighted by Gasteiger charge is -2.11. The highest BCUT2D eigenvalue weighted by atomic mass is 35.5. The van der Waals surface area contributed by atoms with Gasteiger partial charge in [0.1, 0.15) is 0 Å². The standard InChI is InChI=1S/C15H10Cl2O/c16-10-3-1-9(2-4-10)13-8-15(18)12-6-5-11(17)7-14(12)13/h1-7,13H,8H2. The maximum absolute atomic E-state index is 12.0. The van der Waals surface area contributed by atoms with Gasteiger partial charge in [-0.25, -0.2) is 0 Å². The van der Waals surface area contributed by atoms with Crippen molar-refractivity contribution in [3.05, 3.63) is 69.2 Å². The Morgan fingerprint density at radius 3 is 2.33 bits per heavy atom. The van der Waals surface area contributed by atoms with Crippen molar-refractivity contribution in [3.63, 3.8) is 0 Å². The Bertz CT molecular complexity index is 617. The second-order valence-corrected chi connectivity index (χ2v) is 5.34. The number of carbonyl (C=O) groups is 1.